The van der Waals surface area contributed by atoms with Crippen molar-refractivity contribution in [3.8, 4) is 0 Å². The zero-order valence-corrected chi connectivity index (χ0v) is 9.50. The maximum absolute atomic E-state index is 3.52. The molecule has 2 heterocycles. The molecule has 3 heteroatoms. The van der Waals surface area contributed by atoms with E-state index in [4.69, 9.17) is 0 Å². The summed E-state index contributed by atoms with van der Waals surface area (Å²) in [6, 6.07) is 1.56. The zero-order valence-electron chi connectivity index (χ0n) is 9.50. The topological polar surface area (TPSA) is 18.5 Å². The van der Waals surface area contributed by atoms with Crippen LogP contribution in [0.3, 0.4) is 0 Å². The van der Waals surface area contributed by atoms with E-state index in [1.807, 2.05) is 0 Å². The largest absolute Gasteiger partial charge is 0.314 e. The first-order valence-electron chi connectivity index (χ1n) is 5.91. The standard InChI is InChI=1S/C11H23N3/c1-10-9-11(3-4-12-10)14-7-5-13(2)6-8-14/h10-12H,3-9H2,1-2H3/t10-,11-/m0/s1. The number of nitrogens with one attached hydrogen (secondary N) is 1. The number of rotatable bonds is 1. The maximum Gasteiger partial charge on any atom is 0.0123 e. The first kappa shape index (κ1) is 10.4. The van der Waals surface area contributed by atoms with Crippen LogP contribution in [0, 0.1) is 0 Å². The molecule has 0 aliphatic carbocycles. The molecule has 0 amide bonds. The van der Waals surface area contributed by atoms with Gasteiger partial charge in [-0.05, 0) is 33.4 Å². The van der Waals surface area contributed by atoms with Crippen molar-refractivity contribution in [2.24, 2.45) is 0 Å². The van der Waals surface area contributed by atoms with Crippen molar-refractivity contribution < 1.29 is 0 Å². The van der Waals surface area contributed by atoms with Crippen LogP contribution in [0.25, 0.3) is 0 Å². The molecule has 2 aliphatic rings. The second-order valence-electron chi connectivity index (χ2n) is 4.87. The molecule has 0 aromatic carbocycles. The molecule has 1 N–H and O–H groups in total. The average molecular weight is 197 g/mol. The third-order valence-corrected chi connectivity index (χ3v) is 3.65. The Balaban J connectivity index is 1.82. The van der Waals surface area contributed by atoms with Gasteiger partial charge in [0.2, 0.25) is 0 Å². The van der Waals surface area contributed by atoms with Crippen molar-refractivity contribution >= 4 is 0 Å². The van der Waals surface area contributed by atoms with Crippen LogP contribution < -0.4 is 5.32 Å². The van der Waals surface area contributed by atoms with Crippen LogP contribution in [0.5, 0.6) is 0 Å². The van der Waals surface area contributed by atoms with Gasteiger partial charge in [0.15, 0.2) is 0 Å². The van der Waals surface area contributed by atoms with Crippen LogP contribution in [0.4, 0.5) is 0 Å². The highest BCUT2D eigenvalue weighted by Gasteiger charge is 2.26. The Morgan fingerprint density at radius 1 is 1.14 bits per heavy atom. The van der Waals surface area contributed by atoms with Gasteiger partial charge in [0.1, 0.15) is 0 Å². The molecule has 0 aromatic heterocycles. The van der Waals surface area contributed by atoms with Crippen molar-refractivity contribution in [2.75, 3.05) is 39.8 Å². The van der Waals surface area contributed by atoms with E-state index in [2.05, 4.69) is 29.1 Å². The van der Waals surface area contributed by atoms with E-state index in [1.54, 1.807) is 0 Å². The van der Waals surface area contributed by atoms with E-state index in [9.17, 15) is 0 Å². The Labute approximate surface area is 87.4 Å². The van der Waals surface area contributed by atoms with E-state index < -0.39 is 0 Å². The zero-order chi connectivity index (χ0) is 9.97. The molecule has 0 saturated carbocycles. The first-order chi connectivity index (χ1) is 6.75. The summed E-state index contributed by atoms with van der Waals surface area (Å²) in [4.78, 5) is 5.12. The van der Waals surface area contributed by atoms with Crippen LogP contribution in [-0.2, 0) is 0 Å². The number of likely N-dealkylation sites (N-methyl/N-ethyl adjacent to an activating group) is 1. The predicted octanol–water partition coefficient (Wildman–Crippen LogP) is 0.374. The second kappa shape index (κ2) is 4.60. The lowest BCUT2D eigenvalue weighted by atomic mass is 9.98. The fourth-order valence-corrected chi connectivity index (χ4v) is 2.62. The summed E-state index contributed by atoms with van der Waals surface area (Å²) in [6.45, 7) is 8.55. The van der Waals surface area contributed by atoms with Gasteiger partial charge in [0.25, 0.3) is 0 Å². The molecule has 3 nitrogen and oxygen atoms in total. The summed E-state index contributed by atoms with van der Waals surface area (Å²) < 4.78 is 0. The van der Waals surface area contributed by atoms with Crippen molar-refractivity contribution in [2.45, 2.75) is 31.8 Å². The van der Waals surface area contributed by atoms with Crippen LogP contribution >= 0.6 is 0 Å². The molecule has 82 valence electrons. The van der Waals surface area contributed by atoms with Gasteiger partial charge >= 0.3 is 0 Å². The Kier molecular flexibility index (Phi) is 3.42. The monoisotopic (exact) mass is 197 g/mol. The highest BCUT2D eigenvalue weighted by atomic mass is 15.3. The average Bonchev–Trinajstić information content (AvgIpc) is 2.19. The molecule has 2 atom stereocenters. The van der Waals surface area contributed by atoms with Gasteiger partial charge in [-0.2, -0.15) is 0 Å². The SMILES string of the molecule is C[C@H]1C[C@@H](N2CCN(C)CC2)CCN1. The normalized spacial score (nSPS) is 37.3. The Morgan fingerprint density at radius 3 is 2.50 bits per heavy atom. The molecular weight excluding hydrogens is 174 g/mol. The first-order valence-corrected chi connectivity index (χ1v) is 5.91. The number of nitrogens with zero attached hydrogens (tertiary/aromatic N) is 2. The molecule has 0 spiro atoms. The predicted molar refractivity (Wildman–Crippen MR) is 59.6 cm³/mol. The summed E-state index contributed by atoms with van der Waals surface area (Å²) in [7, 11) is 2.22. The van der Waals surface area contributed by atoms with E-state index in [0.29, 0.717) is 6.04 Å². The smallest absolute Gasteiger partial charge is 0.0123 e. The molecular formula is C11H23N3. The molecule has 0 unspecified atom stereocenters. The third kappa shape index (κ3) is 2.47. The minimum atomic E-state index is 0.716. The van der Waals surface area contributed by atoms with Crippen LogP contribution in [0.15, 0.2) is 0 Å². The van der Waals surface area contributed by atoms with Gasteiger partial charge in [-0.3, -0.25) is 4.90 Å². The molecule has 0 bridgehead atoms. The highest BCUT2D eigenvalue weighted by Crippen LogP contribution is 2.16. The fourth-order valence-electron chi connectivity index (χ4n) is 2.62. The summed E-state index contributed by atoms with van der Waals surface area (Å²) in [5.41, 5.74) is 0. The van der Waals surface area contributed by atoms with E-state index in [-0.39, 0.29) is 0 Å². The molecule has 0 aromatic rings. The van der Waals surface area contributed by atoms with E-state index in [1.165, 1.54) is 45.6 Å². The lowest BCUT2D eigenvalue weighted by Gasteiger charge is -2.41. The van der Waals surface area contributed by atoms with Gasteiger partial charge < -0.3 is 10.2 Å². The van der Waals surface area contributed by atoms with Crippen molar-refractivity contribution in [3.63, 3.8) is 0 Å². The van der Waals surface area contributed by atoms with Gasteiger partial charge in [0, 0.05) is 38.3 Å². The van der Waals surface area contributed by atoms with Crippen LogP contribution in [-0.4, -0.2) is 61.7 Å². The molecule has 2 saturated heterocycles. The molecule has 2 rings (SSSR count). The summed E-state index contributed by atoms with van der Waals surface area (Å²) in [5.74, 6) is 0. The van der Waals surface area contributed by atoms with Crippen molar-refractivity contribution in [3.05, 3.63) is 0 Å². The van der Waals surface area contributed by atoms with E-state index in [0.717, 1.165) is 6.04 Å². The minimum Gasteiger partial charge on any atom is -0.314 e. The van der Waals surface area contributed by atoms with E-state index >= 15 is 0 Å². The highest BCUT2D eigenvalue weighted by molar-refractivity contribution is 4.84. The quantitative estimate of drug-likeness (QED) is 0.655. The number of hydrogen-bond acceptors (Lipinski definition) is 3. The molecule has 2 fully saturated rings. The number of hydrogen-bond donors (Lipinski definition) is 1. The molecule has 0 radical (unpaired) electrons. The van der Waals surface area contributed by atoms with Crippen molar-refractivity contribution in [1.29, 1.82) is 0 Å². The number of piperazine rings is 1. The Hall–Kier alpha value is -0.120. The lowest BCUT2D eigenvalue weighted by Crippen LogP contribution is -2.53. The van der Waals surface area contributed by atoms with Crippen LogP contribution in [0.1, 0.15) is 19.8 Å². The summed E-state index contributed by atoms with van der Waals surface area (Å²) in [6.07, 6.45) is 2.68. The minimum absolute atomic E-state index is 0.716. The van der Waals surface area contributed by atoms with Gasteiger partial charge in [-0.25, -0.2) is 0 Å². The van der Waals surface area contributed by atoms with Crippen molar-refractivity contribution in [1.82, 2.24) is 15.1 Å². The van der Waals surface area contributed by atoms with Gasteiger partial charge in [0.05, 0.1) is 0 Å². The van der Waals surface area contributed by atoms with Gasteiger partial charge in [-0.1, -0.05) is 0 Å². The number of piperidine rings is 1. The summed E-state index contributed by atoms with van der Waals surface area (Å²) >= 11 is 0. The van der Waals surface area contributed by atoms with Crippen LogP contribution in [0.2, 0.25) is 0 Å². The fraction of sp³-hybridized carbons (Fsp3) is 1.00. The Morgan fingerprint density at radius 2 is 1.86 bits per heavy atom. The Bertz CT molecular complexity index is 175. The summed E-state index contributed by atoms with van der Waals surface area (Å²) in [5, 5.41) is 3.52. The maximum atomic E-state index is 3.52. The molecule has 2 aliphatic heterocycles. The van der Waals surface area contributed by atoms with Gasteiger partial charge in [-0.15, -0.1) is 0 Å². The lowest BCUT2D eigenvalue weighted by molar-refractivity contribution is 0.0869. The molecule has 14 heavy (non-hydrogen) atoms. The third-order valence-electron chi connectivity index (χ3n) is 3.65. The second-order valence-corrected chi connectivity index (χ2v) is 4.87.